The Kier molecular flexibility index (Phi) is 4.39. The van der Waals surface area contributed by atoms with E-state index in [2.05, 4.69) is 14.6 Å². The van der Waals surface area contributed by atoms with E-state index in [0.29, 0.717) is 5.69 Å². The molecule has 132 valence electrons. The third kappa shape index (κ3) is 4.28. The molecule has 0 spiro atoms. The summed E-state index contributed by atoms with van der Waals surface area (Å²) < 4.78 is 68.4. The standard InChI is InChI=1S/C15H12F3N3O3S/c16-15(17,18)24-13-4-6-14(7-5-13)25(22,23)19-10-11-9-12-3-1-2-8-21(12)20-11/h1-9,19H,10H2. The van der Waals surface area contributed by atoms with Gasteiger partial charge in [0, 0.05) is 6.20 Å². The van der Waals surface area contributed by atoms with E-state index in [9.17, 15) is 21.6 Å². The lowest BCUT2D eigenvalue weighted by Gasteiger charge is -2.09. The second-order valence-corrected chi connectivity index (χ2v) is 6.82. The lowest BCUT2D eigenvalue weighted by atomic mass is 10.3. The molecular formula is C15H12F3N3O3S. The number of pyridine rings is 1. The monoisotopic (exact) mass is 371 g/mol. The van der Waals surface area contributed by atoms with Crippen LogP contribution >= 0.6 is 0 Å². The zero-order valence-corrected chi connectivity index (χ0v) is 13.4. The predicted octanol–water partition coefficient (Wildman–Crippen LogP) is 2.71. The minimum atomic E-state index is -4.83. The van der Waals surface area contributed by atoms with Crippen molar-refractivity contribution in [3.05, 3.63) is 60.4 Å². The molecule has 1 N–H and O–H groups in total. The summed E-state index contributed by atoms with van der Waals surface area (Å²) in [6, 6.07) is 11.1. The van der Waals surface area contributed by atoms with Gasteiger partial charge in [0.2, 0.25) is 10.0 Å². The highest BCUT2D eigenvalue weighted by Crippen LogP contribution is 2.23. The van der Waals surface area contributed by atoms with Crippen LogP contribution in [0.4, 0.5) is 13.2 Å². The summed E-state index contributed by atoms with van der Waals surface area (Å²) in [6.07, 6.45) is -3.10. The molecule has 25 heavy (non-hydrogen) atoms. The van der Waals surface area contributed by atoms with Crippen molar-refractivity contribution in [1.29, 1.82) is 0 Å². The highest BCUT2D eigenvalue weighted by atomic mass is 32.2. The van der Waals surface area contributed by atoms with Crippen molar-refractivity contribution in [2.75, 3.05) is 0 Å². The fourth-order valence-electron chi connectivity index (χ4n) is 2.15. The normalized spacial score (nSPS) is 12.4. The summed E-state index contributed by atoms with van der Waals surface area (Å²) in [5, 5.41) is 4.21. The molecule has 2 aromatic heterocycles. The van der Waals surface area contributed by atoms with Crippen molar-refractivity contribution >= 4 is 15.5 Å². The number of sulfonamides is 1. The Bertz CT molecular complexity index is 949. The van der Waals surface area contributed by atoms with Crippen LogP contribution in [0.5, 0.6) is 5.75 Å². The summed E-state index contributed by atoms with van der Waals surface area (Å²) in [4.78, 5) is -0.175. The molecular weight excluding hydrogens is 359 g/mol. The first-order chi connectivity index (χ1) is 11.7. The van der Waals surface area contributed by atoms with E-state index in [4.69, 9.17) is 0 Å². The van der Waals surface area contributed by atoms with Crippen LogP contribution in [0.3, 0.4) is 0 Å². The second-order valence-electron chi connectivity index (χ2n) is 5.05. The molecule has 10 heteroatoms. The third-order valence-electron chi connectivity index (χ3n) is 3.23. The van der Waals surface area contributed by atoms with E-state index in [1.54, 1.807) is 22.8 Å². The van der Waals surface area contributed by atoms with Gasteiger partial charge in [-0.1, -0.05) is 6.07 Å². The van der Waals surface area contributed by atoms with Gasteiger partial charge < -0.3 is 4.74 Å². The molecule has 0 fully saturated rings. The molecule has 2 heterocycles. The quantitative estimate of drug-likeness (QED) is 0.749. The number of rotatable bonds is 5. The number of nitrogens with one attached hydrogen (secondary N) is 1. The summed E-state index contributed by atoms with van der Waals surface area (Å²) >= 11 is 0. The summed E-state index contributed by atoms with van der Waals surface area (Å²) in [6.45, 7) is -0.0508. The fraction of sp³-hybridized carbons (Fsp3) is 0.133. The van der Waals surface area contributed by atoms with E-state index < -0.39 is 22.1 Å². The number of alkyl halides is 3. The van der Waals surface area contributed by atoms with Gasteiger partial charge in [0.05, 0.1) is 22.7 Å². The van der Waals surface area contributed by atoms with Crippen molar-refractivity contribution in [3.63, 3.8) is 0 Å². The number of nitrogens with zero attached hydrogens (tertiary/aromatic N) is 2. The molecule has 0 amide bonds. The number of benzene rings is 1. The molecule has 0 aliphatic heterocycles. The summed E-state index contributed by atoms with van der Waals surface area (Å²) in [5.41, 5.74) is 1.32. The van der Waals surface area contributed by atoms with Crippen LogP contribution in [0.2, 0.25) is 0 Å². The number of halogens is 3. The SMILES string of the molecule is O=S(=O)(NCc1cc2ccccn2n1)c1ccc(OC(F)(F)F)cc1. The van der Waals surface area contributed by atoms with Gasteiger partial charge in [0.15, 0.2) is 0 Å². The van der Waals surface area contributed by atoms with E-state index in [-0.39, 0.29) is 11.4 Å². The topological polar surface area (TPSA) is 72.7 Å². The highest BCUT2D eigenvalue weighted by molar-refractivity contribution is 7.89. The minimum Gasteiger partial charge on any atom is -0.406 e. The number of hydrogen-bond acceptors (Lipinski definition) is 4. The first-order valence-corrected chi connectivity index (χ1v) is 8.50. The smallest absolute Gasteiger partial charge is 0.406 e. The third-order valence-corrected chi connectivity index (χ3v) is 4.65. The van der Waals surface area contributed by atoms with Gasteiger partial charge in [-0.2, -0.15) is 5.10 Å². The first-order valence-electron chi connectivity index (χ1n) is 7.02. The number of hydrogen-bond donors (Lipinski definition) is 1. The van der Waals surface area contributed by atoms with Crippen molar-refractivity contribution in [3.8, 4) is 5.75 Å². The van der Waals surface area contributed by atoms with Crippen molar-refractivity contribution in [1.82, 2.24) is 14.3 Å². The molecule has 0 radical (unpaired) electrons. The maximum atomic E-state index is 12.2. The molecule has 0 saturated carbocycles. The van der Waals surface area contributed by atoms with E-state index >= 15 is 0 Å². The van der Waals surface area contributed by atoms with Crippen LogP contribution < -0.4 is 9.46 Å². The Morgan fingerprint density at radius 1 is 1.12 bits per heavy atom. The predicted molar refractivity (Wildman–Crippen MR) is 82.3 cm³/mol. The second kappa shape index (κ2) is 6.37. The molecule has 3 aromatic rings. The number of ether oxygens (including phenoxy) is 1. The van der Waals surface area contributed by atoms with E-state index in [1.807, 2.05) is 12.1 Å². The van der Waals surface area contributed by atoms with Crippen LogP contribution in [0.1, 0.15) is 5.69 Å². The Morgan fingerprint density at radius 2 is 1.84 bits per heavy atom. The highest BCUT2D eigenvalue weighted by Gasteiger charge is 2.31. The fourth-order valence-corrected chi connectivity index (χ4v) is 3.15. The van der Waals surface area contributed by atoms with Crippen LogP contribution in [0.25, 0.3) is 5.52 Å². The maximum Gasteiger partial charge on any atom is 0.573 e. The molecule has 0 atom stereocenters. The lowest BCUT2D eigenvalue weighted by Crippen LogP contribution is -2.23. The average molecular weight is 371 g/mol. The van der Waals surface area contributed by atoms with Crippen LogP contribution in [0.15, 0.2) is 59.6 Å². The average Bonchev–Trinajstić information content (AvgIpc) is 2.95. The van der Waals surface area contributed by atoms with Crippen molar-refractivity contribution in [2.45, 2.75) is 17.8 Å². The van der Waals surface area contributed by atoms with Gasteiger partial charge in [-0.15, -0.1) is 13.2 Å². The minimum absolute atomic E-state index is 0.0508. The van der Waals surface area contributed by atoms with Gasteiger partial charge in [0.25, 0.3) is 0 Å². The van der Waals surface area contributed by atoms with Gasteiger partial charge in [-0.05, 0) is 42.5 Å². The Morgan fingerprint density at radius 3 is 2.48 bits per heavy atom. The Hall–Kier alpha value is -2.59. The lowest BCUT2D eigenvalue weighted by molar-refractivity contribution is -0.274. The summed E-state index contributed by atoms with van der Waals surface area (Å²) in [7, 11) is -3.89. The molecule has 0 saturated heterocycles. The van der Waals surface area contributed by atoms with E-state index in [0.717, 1.165) is 29.8 Å². The zero-order chi connectivity index (χ0) is 18.1. The van der Waals surface area contributed by atoms with Crippen LogP contribution in [0, 0.1) is 0 Å². The number of fused-ring (bicyclic) bond motifs is 1. The molecule has 3 rings (SSSR count). The van der Waals surface area contributed by atoms with Gasteiger partial charge >= 0.3 is 6.36 Å². The summed E-state index contributed by atoms with van der Waals surface area (Å²) in [5.74, 6) is -0.494. The van der Waals surface area contributed by atoms with Crippen LogP contribution in [-0.2, 0) is 16.6 Å². The van der Waals surface area contributed by atoms with Crippen molar-refractivity contribution in [2.24, 2.45) is 0 Å². The number of aromatic nitrogens is 2. The molecule has 1 aromatic carbocycles. The van der Waals surface area contributed by atoms with Gasteiger partial charge in [-0.25, -0.2) is 17.7 Å². The van der Waals surface area contributed by atoms with Crippen molar-refractivity contribution < 1.29 is 26.3 Å². The van der Waals surface area contributed by atoms with Gasteiger partial charge in [-0.3, -0.25) is 0 Å². The largest absolute Gasteiger partial charge is 0.573 e. The molecule has 0 unspecified atom stereocenters. The van der Waals surface area contributed by atoms with Crippen LogP contribution in [-0.4, -0.2) is 24.4 Å². The Labute approximate surface area is 140 Å². The molecule has 0 aliphatic carbocycles. The molecule has 0 bridgehead atoms. The zero-order valence-electron chi connectivity index (χ0n) is 12.6. The van der Waals surface area contributed by atoms with E-state index in [1.165, 1.54) is 0 Å². The Balaban J connectivity index is 1.70. The maximum absolute atomic E-state index is 12.2. The molecule has 6 nitrogen and oxygen atoms in total. The van der Waals surface area contributed by atoms with Gasteiger partial charge in [0.1, 0.15) is 5.75 Å². The first kappa shape index (κ1) is 17.2. The molecule has 0 aliphatic rings.